The maximum atomic E-state index is 11.7. The summed E-state index contributed by atoms with van der Waals surface area (Å²) in [5.41, 5.74) is 0. The minimum absolute atomic E-state index is 0.231. The summed E-state index contributed by atoms with van der Waals surface area (Å²) < 4.78 is 24.5. The average Bonchev–Trinajstić information content (AvgIpc) is 2.17. The molecule has 0 bridgehead atoms. The first-order valence-electron chi connectivity index (χ1n) is 3.90. The fraction of sp³-hybridized carbons (Fsp3) is 0.375. The van der Waals surface area contributed by atoms with Crippen LogP contribution in [0.1, 0.15) is 0 Å². The van der Waals surface area contributed by atoms with Crippen molar-refractivity contribution in [3.8, 4) is 0 Å². The molecule has 0 atom stereocenters. The summed E-state index contributed by atoms with van der Waals surface area (Å²) in [5, 5.41) is 0. The van der Waals surface area contributed by atoms with Gasteiger partial charge in [0.05, 0.1) is 0 Å². The predicted molar refractivity (Wildman–Crippen MR) is 56.9 cm³/mol. The van der Waals surface area contributed by atoms with Crippen LogP contribution >= 0.6 is 11.8 Å². The van der Waals surface area contributed by atoms with Gasteiger partial charge in [-0.25, -0.2) is 12.7 Å². The molecule has 0 N–H and O–H groups in total. The van der Waals surface area contributed by atoms with Crippen LogP contribution in [0.25, 0.3) is 0 Å². The van der Waals surface area contributed by atoms with Crippen molar-refractivity contribution in [2.24, 2.45) is 0 Å². The maximum absolute atomic E-state index is 11.7. The number of rotatable bonds is 3. The summed E-state index contributed by atoms with van der Waals surface area (Å²) in [6.45, 7) is 0. The van der Waals surface area contributed by atoms with Crippen LogP contribution < -0.4 is 0 Å². The molecule has 1 aromatic rings. The Morgan fingerprint density at radius 1 is 1.36 bits per heavy atom. The molecule has 1 rings (SSSR count). The molecule has 0 aromatic carbocycles. The second kappa shape index (κ2) is 4.29. The summed E-state index contributed by atoms with van der Waals surface area (Å²) >= 11 is 1.47. The molecule has 0 spiro atoms. The standard InChI is InChI=1S/C8H12N2O2S2/c1-10(2)14(11,12)8-4-7(13-3)5-9-6-8/h4-6H,1-3H3. The molecule has 1 heterocycles. The molecule has 78 valence electrons. The smallest absolute Gasteiger partial charge is 0.244 e. The minimum Gasteiger partial charge on any atom is -0.262 e. The van der Waals surface area contributed by atoms with E-state index < -0.39 is 10.0 Å². The van der Waals surface area contributed by atoms with Crippen LogP contribution in [0.15, 0.2) is 28.3 Å². The first kappa shape index (κ1) is 11.5. The molecule has 0 unspecified atom stereocenters. The van der Waals surface area contributed by atoms with Crippen molar-refractivity contribution >= 4 is 21.8 Å². The lowest BCUT2D eigenvalue weighted by Crippen LogP contribution is -2.22. The fourth-order valence-electron chi connectivity index (χ4n) is 0.862. The van der Waals surface area contributed by atoms with Gasteiger partial charge >= 0.3 is 0 Å². The van der Waals surface area contributed by atoms with Gasteiger partial charge in [0, 0.05) is 31.4 Å². The summed E-state index contributed by atoms with van der Waals surface area (Å²) in [6.07, 6.45) is 4.87. The number of pyridine rings is 1. The fourth-order valence-corrected chi connectivity index (χ4v) is 2.24. The summed E-state index contributed by atoms with van der Waals surface area (Å²) in [6, 6.07) is 1.62. The van der Waals surface area contributed by atoms with E-state index in [4.69, 9.17) is 0 Å². The molecule has 0 saturated carbocycles. The van der Waals surface area contributed by atoms with Gasteiger partial charge in [0.1, 0.15) is 4.90 Å². The Bertz CT molecular complexity index is 415. The highest BCUT2D eigenvalue weighted by atomic mass is 32.2. The van der Waals surface area contributed by atoms with Gasteiger partial charge in [-0.05, 0) is 12.3 Å². The third kappa shape index (κ3) is 2.26. The zero-order chi connectivity index (χ0) is 10.8. The third-order valence-corrected chi connectivity index (χ3v) is 4.18. The molecular weight excluding hydrogens is 220 g/mol. The van der Waals surface area contributed by atoms with Crippen molar-refractivity contribution in [3.05, 3.63) is 18.5 Å². The topological polar surface area (TPSA) is 50.3 Å². The first-order chi connectivity index (χ1) is 6.48. The van der Waals surface area contributed by atoms with Crippen LogP contribution in [-0.4, -0.2) is 38.1 Å². The number of aromatic nitrogens is 1. The SMILES string of the molecule is CSc1cncc(S(=O)(=O)N(C)C)c1. The van der Waals surface area contributed by atoms with Crippen molar-refractivity contribution in [3.63, 3.8) is 0 Å². The number of thioether (sulfide) groups is 1. The maximum Gasteiger partial charge on any atom is 0.244 e. The van der Waals surface area contributed by atoms with Crippen LogP contribution in [0.5, 0.6) is 0 Å². The van der Waals surface area contributed by atoms with Crippen LogP contribution in [0.2, 0.25) is 0 Å². The van der Waals surface area contributed by atoms with Gasteiger partial charge in [-0.2, -0.15) is 0 Å². The highest BCUT2D eigenvalue weighted by molar-refractivity contribution is 7.98. The van der Waals surface area contributed by atoms with Crippen LogP contribution in [0, 0.1) is 0 Å². The number of hydrogen-bond donors (Lipinski definition) is 0. The lowest BCUT2D eigenvalue weighted by atomic mass is 10.5. The number of hydrogen-bond acceptors (Lipinski definition) is 4. The Morgan fingerprint density at radius 3 is 2.50 bits per heavy atom. The second-order valence-corrected chi connectivity index (χ2v) is 5.88. The molecule has 0 aliphatic carbocycles. The molecule has 0 amide bonds. The molecule has 14 heavy (non-hydrogen) atoms. The molecule has 0 saturated heterocycles. The quantitative estimate of drug-likeness (QED) is 0.731. The number of nitrogens with zero attached hydrogens (tertiary/aromatic N) is 2. The van der Waals surface area contributed by atoms with E-state index in [9.17, 15) is 8.42 Å². The van der Waals surface area contributed by atoms with E-state index in [1.807, 2.05) is 6.26 Å². The van der Waals surface area contributed by atoms with Crippen molar-refractivity contribution in [1.29, 1.82) is 0 Å². The second-order valence-electron chi connectivity index (χ2n) is 2.85. The highest BCUT2D eigenvalue weighted by Gasteiger charge is 2.17. The van der Waals surface area contributed by atoms with E-state index in [2.05, 4.69) is 4.98 Å². The Kier molecular flexibility index (Phi) is 3.52. The van der Waals surface area contributed by atoms with Gasteiger partial charge in [-0.3, -0.25) is 4.98 Å². The van der Waals surface area contributed by atoms with Gasteiger partial charge in [0.15, 0.2) is 0 Å². The largest absolute Gasteiger partial charge is 0.262 e. The molecule has 0 fully saturated rings. The number of sulfonamides is 1. The van der Waals surface area contributed by atoms with E-state index in [0.29, 0.717) is 0 Å². The van der Waals surface area contributed by atoms with Crippen molar-refractivity contribution in [2.45, 2.75) is 9.79 Å². The minimum atomic E-state index is -3.35. The molecule has 0 aliphatic rings. The zero-order valence-electron chi connectivity index (χ0n) is 8.26. The van der Waals surface area contributed by atoms with E-state index in [0.717, 1.165) is 4.90 Å². The Morgan fingerprint density at radius 2 is 2.00 bits per heavy atom. The van der Waals surface area contributed by atoms with Gasteiger partial charge in [-0.1, -0.05) is 0 Å². The Hall–Kier alpha value is -0.590. The van der Waals surface area contributed by atoms with Crippen molar-refractivity contribution < 1.29 is 8.42 Å². The van der Waals surface area contributed by atoms with Gasteiger partial charge in [0.2, 0.25) is 10.0 Å². The van der Waals surface area contributed by atoms with Gasteiger partial charge in [0.25, 0.3) is 0 Å². The molecular formula is C8H12N2O2S2. The molecule has 0 radical (unpaired) electrons. The van der Waals surface area contributed by atoms with E-state index in [-0.39, 0.29) is 4.90 Å². The molecule has 6 heteroatoms. The van der Waals surface area contributed by atoms with Gasteiger partial charge in [-0.15, -0.1) is 11.8 Å². The average molecular weight is 232 g/mol. The monoisotopic (exact) mass is 232 g/mol. The normalized spacial score (nSPS) is 12.0. The summed E-state index contributed by atoms with van der Waals surface area (Å²) in [7, 11) is -0.350. The molecule has 4 nitrogen and oxygen atoms in total. The summed E-state index contributed by atoms with van der Waals surface area (Å²) in [5.74, 6) is 0. The zero-order valence-corrected chi connectivity index (χ0v) is 9.89. The van der Waals surface area contributed by atoms with E-state index >= 15 is 0 Å². The Labute approximate surface area is 88.4 Å². The van der Waals surface area contributed by atoms with Crippen molar-refractivity contribution in [2.75, 3.05) is 20.4 Å². The lowest BCUT2D eigenvalue weighted by Gasteiger charge is -2.11. The van der Waals surface area contributed by atoms with E-state index in [1.54, 1.807) is 12.3 Å². The molecule has 0 aliphatic heterocycles. The van der Waals surface area contributed by atoms with Crippen LogP contribution in [0.4, 0.5) is 0 Å². The third-order valence-electron chi connectivity index (χ3n) is 1.70. The highest BCUT2D eigenvalue weighted by Crippen LogP contribution is 2.18. The summed E-state index contributed by atoms with van der Waals surface area (Å²) in [4.78, 5) is 4.95. The first-order valence-corrected chi connectivity index (χ1v) is 6.56. The molecule has 1 aromatic heterocycles. The van der Waals surface area contributed by atoms with E-state index in [1.165, 1.54) is 36.4 Å². The predicted octanol–water partition coefficient (Wildman–Crippen LogP) is 1.05. The lowest BCUT2D eigenvalue weighted by molar-refractivity contribution is 0.520. The van der Waals surface area contributed by atoms with Crippen LogP contribution in [-0.2, 0) is 10.0 Å². The van der Waals surface area contributed by atoms with Crippen LogP contribution in [0.3, 0.4) is 0 Å². The van der Waals surface area contributed by atoms with Crippen molar-refractivity contribution in [1.82, 2.24) is 9.29 Å². The van der Waals surface area contributed by atoms with Gasteiger partial charge < -0.3 is 0 Å². The Balaban J connectivity index is 3.20.